The molecule has 1 saturated heterocycles. The Hall–Kier alpha value is 1.40. The fraction of sp³-hybridized carbons (Fsp3) is 1.00. The maximum atomic E-state index is 2.37. The fourth-order valence-corrected chi connectivity index (χ4v) is 9.78. The van der Waals surface area contributed by atoms with Crippen LogP contribution in [0.1, 0.15) is 41.5 Å². The molecule has 1 rings (SSSR count). The van der Waals surface area contributed by atoms with Crippen molar-refractivity contribution in [3.05, 3.63) is 0 Å². The molecule has 0 aromatic rings. The molecule has 1 heterocycles. The van der Waals surface area contributed by atoms with Crippen molar-refractivity contribution in [1.82, 2.24) is 0 Å². The Kier molecular flexibility index (Phi) is 5.82. The van der Waals surface area contributed by atoms with E-state index in [9.17, 15) is 0 Å². The zero-order chi connectivity index (χ0) is 12.4. The quantitative estimate of drug-likeness (QED) is 0.534. The van der Waals surface area contributed by atoms with E-state index in [0.717, 1.165) is 10.5 Å². The topological polar surface area (TPSA) is 0 Å². The van der Waals surface area contributed by atoms with Crippen molar-refractivity contribution in [2.24, 2.45) is 10.8 Å². The van der Waals surface area contributed by atoms with Gasteiger partial charge in [-0.05, 0) is 10.8 Å². The molecular weight excluding hydrogens is 272 g/mol. The van der Waals surface area contributed by atoms with Crippen LogP contribution in [0.3, 0.4) is 0 Å². The molecule has 16 heavy (non-hydrogen) atoms. The number of hydrogen-bond donors (Lipinski definition) is 0. The second-order valence-electron chi connectivity index (χ2n) is 6.47. The molecule has 0 radical (unpaired) electrons. The van der Waals surface area contributed by atoms with Gasteiger partial charge >= 0.3 is 0 Å². The van der Waals surface area contributed by atoms with E-state index in [1.165, 1.54) is 11.5 Å². The minimum absolute atomic E-state index is 0.422. The van der Waals surface area contributed by atoms with Crippen molar-refractivity contribution in [2.45, 2.75) is 52.0 Å². The number of hydrogen-bond acceptors (Lipinski definition) is 4. The third-order valence-electron chi connectivity index (χ3n) is 2.74. The molecule has 2 unspecified atom stereocenters. The molecule has 96 valence electrons. The average Bonchev–Trinajstić information content (AvgIpc) is 1.96. The van der Waals surface area contributed by atoms with Gasteiger partial charge in [0.05, 0.1) is 0 Å². The molecule has 0 aliphatic carbocycles. The maximum absolute atomic E-state index is 2.37. The second-order valence-corrected chi connectivity index (χ2v) is 11.7. The minimum atomic E-state index is 0.422. The molecule has 0 spiro atoms. The van der Waals surface area contributed by atoms with Gasteiger partial charge in [-0.25, -0.2) is 0 Å². The van der Waals surface area contributed by atoms with Crippen molar-refractivity contribution in [3.8, 4) is 0 Å². The predicted molar refractivity (Wildman–Crippen MR) is 86.6 cm³/mol. The van der Waals surface area contributed by atoms with Crippen molar-refractivity contribution in [1.29, 1.82) is 0 Å². The smallest absolute Gasteiger partial charge is 0.0298 e. The van der Waals surface area contributed by atoms with Gasteiger partial charge in [0.25, 0.3) is 0 Å². The molecule has 4 heteroatoms. The molecule has 1 fully saturated rings. The van der Waals surface area contributed by atoms with E-state index in [4.69, 9.17) is 0 Å². The van der Waals surface area contributed by atoms with Crippen molar-refractivity contribution in [2.75, 3.05) is 11.5 Å². The van der Waals surface area contributed by atoms with Crippen LogP contribution >= 0.6 is 43.2 Å². The molecule has 1 aliphatic rings. The second kappa shape index (κ2) is 6.03. The van der Waals surface area contributed by atoms with E-state index in [2.05, 4.69) is 84.7 Å². The standard InChI is InChI=1S/C12H24S4/c1-11(2,3)9-7-13-14-8-10(16-15-9)12(4,5)6/h9-10H,7-8H2,1-6H3. The molecule has 1 aliphatic heterocycles. The molecule has 0 N–H and O–H groups in total. The van der Waals surface area contributed by atoms with Crippen LogP contribution in [0.15, 0.2) is 0 Å². The molecule has 0 saturated carbocycles. The van der Waals surface area contributed by atoms with Crippen LogP contribution < -0.4 is 0 Å². The highest BCUT2D eigenvalue weighted by molar-refractivity contribution is 8.80. The molecule has 0 bridgehead atoms. The number of rotatable bonds is 0. The van der Waals surface area contributed by atoms with Crippen LogP contribution in [0.25, 0.3) is 0 Å². The van der Waals surface area contributed by atoms with E-state index in [0.29, 0.717) is 10.8 Å². The van der Waals surface area contributed by atoms with Gasteiger partial charge in [-0.1, -0.05) is 84.7 Å². The van der Waals surface area contributed by atoms with Crippen LogP contribution in [0.5, 0.6) is 0 Å². The SMILES string of the molecule is CC(C)(C)C1CSSCC(C(C)(C)C)SS1. The summed E-state index contributed by atoms with van der Waals surface area (Å²) in [6.07, 6.45) is 0. The maximum Gasteiger partial charge on any atom is 0.0298 e. The van der Waals surface area contributed by atoms with Crippen molar-refractivity contribution in [3.63, 3.8) is 0 Å². The zero-order valence-electron chi connectivity index (χ0n) is 11.2. The Bertz CT molecular complexity index is 190. The third kappa shape index (κ3) is 4.95. The first-order valence-electron chi connectivity index (χ1n) is 5.78. The van der Waals surface area contributed by atoms with Gasteiger partial charge in [-0.3, -0.25) is 0 Å². The van der Waals surface area contributed by atoms with Gasteiger partial charge in [0, 0.05) is 22.0 Å². The summed E-state index contributed by atoms with van der Waals surface area (Å²) in [6.45, 7) is 14.2. The summed E-state index contributed by atoms with van der Waals surface area (Å²) in [6, 6.07) is 0. The molecule has 0 aromatic carbocycles. The monoisotopic (exact) mass is 296 g/mol. The van der Waals surface area contributed by atoms with Crippen LogP contribution in [-0.2, 0) is 0 Å². The first-order valence-corrected chi connectivity index (χ1v) is 10.5. The lowest BCUT2D eigenvalue weighted by Crippen LogP contribution is -2.29. The van der Waals surface area contributed by atoms with E-state index in [1.807, 2.05) is 0 Å². The summed E-state index contributed by atoms with van der Waals surface area (Å²) in [4.78, 5) is 0. The van der Waals surface area contributed by atoms with Gasteiger partial charge in [0.2, 0.25) is 0 Å². The lowest BCUT2D eigenvalue weighted by molar-refractivity contribution is 0.412. The Labute approximate surface area is 117 Å². The van der Waals surface area contributed by atoms with E-state index < -0.39 is 0 Å². The van der Waals surface area contributed by atoms with Crippen molar-refractivity contribution >= 4 is 43.2 Å². The Morgan fingerprint density at radius 1 is 0.688 bits per heavy atom. The highest BCUT2D eigenvalue weighted by Crippen LogP contribution is 2.50. The van der Waals surface area contributed by atoms with Gasteiger partial charge in [0.1, 0.15) is 0 Å². The van der Waals surface area contributed by atoms with Gasteiger partial charge in [-0.15, -0.1) is 0 Å². The van der Waals surface area contributed by atoms with Crippen LogP contribution in [0.4, 0.5) is 0 Å². The molecular formula is C12H24S4. The molecule has 0 amide bonds. The molecule has 2 atom stereocenters. The van der Waals surface area contributed by atoms with Gasteiger partial charge in [0.15, 0.2) is 0 Å². The van der Waals surface area contributed by atoms with E-state index in [-0.39, 0.29) is 0 Å². The van der Waals surface area contributed by atoms with Crippen LogP contribution in [-0.4, -0.2) is 22.0 Å². The average molecular weight is 297 g/mol. The first-order chi connectivity index (χ1) is 7.21. The summed E-state index contributed by atoms with van der Waals surface area (Å²) >= 11 is 0. The van der Waals surface area contributed by atoms with Crippen LogP contribution in [0.2, 0.25) is 0 Å². The lowest BCUT2D eigenvalue weighted by atomic mass is 9.93. The highest BCUT2D eigenvalue weighted by Gasteiger charge is 2.32. The van der Waals surface area contributed by atoms with Gasteiger partial charge in [-0.2, -0.15) is 0 Å². The lowest BCUT2D eigenvalue weighted by Gasteiger charge is -2.36. The summed E-state index contributed by atoms with van der Waals surface area (Å²) < 4.78 is 0. The van der Waals surface area contributed by atoms with E-state index in [1.54, 1.807) is 0 Å². The first kappa shape index (κ1) is 15.5. The highest BCUT2D eigenvalue weighted by atomic mass is 33.1. The summed E-state index contributed by atoms with van der Waals surface area (Å²) in [5, 5.41) is 1.53. The van der Waals surface area contributed by atoms with Gasteiger partial charge < -0.3 is 0 Å². The zero-order valence-corrected chi connectivity index (χ0v) is 14.5. The Balaban J connectivity index is 2.60. The Morgan fingerprint density at radius 3 is 1.25 bits per heavy atom. The molecule has 0 nitrogen and oxygen atoms in total. The Morgan fingerprint density at radius 2 is 1.00 bits per heavy atom. The normalized spacial score (nSPS) is 29.6. The summed E-state index contributed by atoms with van der Waals surface area (Å²) in [5.41, 5.74) is 0.843. The van der Waals surface area contributed by atoms with Crippen molar-refractivity contribution < 1.29 is 0 Å². The third-order valence-corrected chi connectivity index (χ3v) is 9.64. The fourth-order valence-electron chi connectivity index (χ4n) is 1.20. The predicted octanol–water partition coefficient (Wildman–Crippen LogP) is 5.59. The minimum Gasteiger partial charge on any atom is -0.0929 e. The van der Waals surface area contributed by atoms with E-state index >= 15 is 0 Å². The summed E-state index contributed by atoms with van der Waals surface area (Å²) in [7, 11) is 8.38. The molecule has 0 aromatic heterocycles. The van der Waals surface area contributed by atoms with Crippen LogP contribution in [0, 0.1) is 10.8 Å². The summed E-state index contributed by atoms with van der Waals surface area (Å²) in [5.74, 6) is 2.56. The largest absolute Gasteiger partial charge is 0.0929 e.